The maximum absolute atomic E-state index is 11.6. The summed E-state index contributed by atoms with van der Waals surface area (Å²) < 4.78 is 7.35. The molecule has 4 heteroatoms. The maximum Gasteiger partial charge on any atom is 0.250 e. The van der Waals surface area contributed by atoms with Gasteiger partial charge in [0.25, 0.3) is 5.91 Å². The Morgan fingerprint density at radius 1 is 1.29 bits per heavy atom. The zero-order valence-corrected chi connectivity index (χ0v) is 13.0. The van der Waals surface area contributed by atoms with Crippen molar-refractivity contribution in [1.29, 1.82) is 0 Å². The summed E-state index contributed by atoms with van der Waals surface area (Å²) in [5.74, 6) is 0.908. The number of nitrogens with zero attached hydrogens (tertiary/aromatic N) is 1. The van der Waals surface area contributed by atoms with Crippen LogP contribution in [-0.2, 0) is 6.54 Å². The summed E-state index contributed by atoms with van der Waals surface area (Å²) in [7, 11) is 1.64. The molecule has 0 spiro atoms. The number of ether oxygens (including phenoxy) is 1. The number of aromatic nitrogens is 1. The predicted octanol–water partition coefficient (Wildman–Crippen LogP) is 3.23. The van der Waals surface area contributed by atoms with Gasteiger partial charge in [-0.05, 0) is 48.7 Å². The van der Waals surface area contributed by atoms with Crippen molar-refractivity contribution in [2.75, 3.05) is 7.11 Å². The number of hydrogen-bond donors (Lipinski definition) is 1. The molecule has 0 atom stereocenters. The van der Waals surface area contributed by atoms with Gasteiger partial charge < -0.3 is 15.0 Å². The van der Waals surface area contributed by atoms with Gasteiger partial charge in [0.15, 0.2) is 0 Å². The standard InChI is InChI=1S/C17H22N2O2/c1-11(2)10-19-12(3)15(17(18)20)9-16(19)13-5-7-14(21-4)8-6-13/h5-9,11H,10H2,1-4H3,(H2,18,20). The van der Waals surface area contributed by atoms with Crippen molar-refractivity contribution in [3.63, 3.8) is 0 Å². The average molecular weight is 286 g/mol. The third-order valence-electron chi connectivity index (χ3n) is 3.57. The molecule has 2 N–H and O–H groups in total. The minimum atomic E-state index is -0.384. The molecule has 1 amide bonds. The van der Waals surface area contributed by atoms with Crippen molar-refractivity contribution < 1.29 is 9.53 Å². The lowest BCUT2D eigenvalue weighted by atomic mass is 10.1. The first-order valence-corrected chi connectivity index (χ1v) is 7.08. The molecule has 0 fully saturated rings. The van der Waals surface area contributed by atoms with E-state index in [1.54, 1.807) is 7.11 Å². The molecule has 2 aromatic rings. The summed E-state index contributed by atoms with van der Waals surface area (Å²) >= 11 is 0. The third-order valence-corrected chi connectivity index (χ3v) is 3.57. The van der Waals surface area contributed by atoms with Crippen molar-refractivity contribution in [2.45, 2.75) is 27.3 Å². The summed E-state index contributed by atoms with van der Waals surface area (Å²) in [6.45, 7) is 7.10. The van der Waals surface area contributed by atoms with Crippen molar-refractivity contribution >= 4 is 5.91 Å². The van der Waals surface area contributed by atoms with Gasteiger partial charge in [-0.15, -0.1) is 0 Å². The second-order valence-corrected chi connectivity index (χ2v) is 5.63. The van der Waals surface area contributed by atoms with Gasteiger partial charge in [-0.25, -0.2) is 0 Å². The second kappa shape index (κ2) is 6.04. The predicted molar refractivity (Wildman–Crippen MR) is 84.5 cm³/mol. The molecule has 0 unspecified atom stereocenters. The van der Waals surface area contributed by atoms with Crippen LogP contribution in [0.2, 0.25) is 0 Å². The highest BCUT2D eigenvalue weighted by Crippen LogP contribution is 2.28. The minimum Gasteiger partial charge on any atom is -0.497 e. The largest absolute Gasteiger partial charge is 0.497 e. The normalized spacial score (nSPS) is 10.9. The third kappa shape index (κ3) is 3.10. The van der Waals surface area contributed by atoms with E-state index in [-0.39, 0.29) is 5.91 Å². The van der Waals surface area contributed by atoms with E-state index in [2.05, 4.69) is 18.4 Å². The molecule has 1 aromatic carbocycles. The number of benzene rings is 1. The van der Waals surface area contributed by atoms with Crippen LogP contribution in [0, 0.1) is 12.8 Å². The van der Waals surface area contributed by atoms with E-state index in [1.165, 1.54) is 0 Å². The van der Waals surface area contributed by atoms with Gasteiger partial charge in [0.05, 0.1) is 12.7 Å². The first-order valence-electron chi connectivity index (χ1n) is 7.08. The number of carbonyl (C=O) groups excluding carboxylic acids is 1. The minimum absolute atomic E-state index is 0.384. The van der Waals surface area contributed by atoms with Crippen LogP contribution in [0.25, 0.3) is 11.3 Å². The highest BCUT2D eigenvalue weighted by Gasteiger charge is 2.17. The number of hydrogen-bond acceptors (Lipinski definition) is 2. The number of methoxy groups -OCH3 is 1. The monoisotopic (exact) mass is 286 g/mol. The van der Waals surface area contributed by atoms with Gasteiger partial charge >= 0.3 is 0 Å². The SMILES string of the molecule is COc1ccc(-c2cc(C(N)=O)c(C)n2CC(C)C)cc1. The average Bonchev–Trinajstić information content (AvgIpc) is 2.76. The molecule has 2 rings (SSSR count). The van der Waals surface area contributed by atoms with Crippen LogP contribution in [-0.4, -0.2) is 17.6 Å². The zero-order valence-electron chi connectivity index (χ0n) is 13.0. The number of primary amides is 1. The summed E-state index contributed by atoms with van der Waals surface area (Å²) in [5, 5.41) is 0. The van der Waals surface area contributed by atoms with Crippen molar-refractivity contribution in [3.8, 4) is 17.0 Å². The molecule has 0 bridgehead atoms. The molecule has 1 aromatic heterocycles. The van der Waals surface area contributed by atoms with Crippen molar-refractivity contribution in [2.24, 2.45) is 11.7 Å². The van der Waals surface area contributed by atoms with Gasteiger partial charge in [0.2, 0.25) is 0 Å². The van der Waals surface area contributed by atoms with Crippen LogP contribution >= 0.6 is 0 Å². The Bertz CT molecular complexity index is 640. The Labute approximate surface area is 125 Å². The molecule has 21 heavy (non-hydrogen) atoms. The Morgan fingerprint density at radius 3 is 2.38 bits per heavy atom. The molecule has 0 saturated carbocycles. The molecule has 0 saturated heterocycles. The van der Waals surface area contributed by atoms with Crippen LogP contribution in [0.5, 0.6) is 5.75 Å². The van der Waals surface area contributed by atoms with Crippen molar-refractivity contribution in [1.82, 2.24) is 4.57 Å². The Balaban J connectivity index is 2.54. The van der Waals surface area contributed by atoms with E-state index in [0.29, 0.717) is 11.5 Å². The van der Waals surface area contributed by atoms with Crippen LogP contribution < -0.4 is 10.5 Å². The van der Waals surface area contributed by atoms with Gasteiger partial charge in [-0.1, -0.05) is 13.8 Å². The second-order valence-electron chi connectivity index (χ2n) is 5.63. The fraction of sp³-hybridized carbons (Fsp3) is 0.353. The smallest absolute Gasteiger partial charge is 0.250 e. The lowest BCUT2D eigenvalue weighted by molar-refractivity contribution is 0.0999. The van der Waals surface area contributed by atoms with Crippen LogP contribution in [0.4, 0.5) is 0 Å². The number of carbonyl (C=O) groups is 1. The Morgan fingerprint density at radius 2 is 1.90 bits per heavy atom. The molecular formula is C17H22N2O2. The number of rotatable bonds is 5. The summed E-state index contributed by atoms with van der Waals surface area (Å²) in [6.07, 6.45) is 0. The van der Waals surface area contributed by atoms with Gasteiger partial charge in [0, 0.05) is 17.9 Å². The zero-order chi connectivity index (χ0) is 15.6. The summed E-state index contributed by atoms with van der Waals surface area (Å²) in [6, 6.07) is 9.70. The molecule has 112 valence electrons. The highest BCUT2D eigenvalue weighted by atomic mass is 16.5. The molecule has 0 aliphatic rings. The van der Waals surface area contributed by atoms with Gasteiger partial charge in [-0.2, -0.15) is 0 Å². The Hall–Kier alpha value is -2.23. The lowest BCUT2D eigenvalue weighted by Gasteiger charge is -2.14. The first kappa shape index (κ1) is 15.2. The quantitative estimate of drug-likeness (QED) is 0.917. The fourth-order valence-electron chi connectivity index (χ4n) is 2.50. The summed E-state index contributed by atoms with van der Waals surface area (Å²) in [4.78, 5) is 11.6. The highest BCUT2D eigenvalue weighted by molar-refractivity contribution is 5.95. The molecule has 4 nitrogen and oxygen atoms in total. The van der Waals surface area contributed by atoms with Crippen LogP contribution in [0.15, 0.2) is 30.3 Å². The van der Waals surface area contributed by atoms with E-state index in [9.17, 15) is 4.79 Å². The van der Waals surface area contributed by atoms with E-state index < -0.39 is 0 Å². The molecular weight excluding hydrogens is 264 g/mol. The molecule has 0 aliphatic carbocycles. The maximum atomic E-state index is 11.6. The molecule has 1 heterocycles. The van der Waals surface area contributed by atoms with Gasteiger partial charge in [0.1, 0.15) is 5.75 Å². The fourth-order valence-corrected chi connectivity index (χ4v) is 2.50. The van der Waals surface area contributed by atoms with E-state index in [4.69, 9.17) is 10.5 Å². The van der Waals surface area contributed by atoms with E-state index in [1.807, 2.05) is 37.3 Å². The van der Waals surface area contributed by atoms with Gasteiger partial charge in [-0.3, -0.25) is 4.79 Å². The molecule has 0 radical (unpaired) electrons. The van der Waals surface area contributed by atoms with Crippen LogP contribution in [0.3, 0.4) is 0 Å². The summed E-state index contributed by atoms with van der Waals surface area (Å²) in [5.41, 5.74) is 9.04. The molecule has 0 aliphatic heterocycles. The first-order chi connectivity index (χ1) is 9.93. The van der Waals surface area contributed by atoms with Crippen LogP contribution in [0.1, 0.15) is 29.9 Å². The topological polar surface area (TPSA) is 57.2 Å². The van der Waals surface area contributed by atoms with E-state index in [0.717, 1.165) is 29.2 Å². The lowest BCUT2D eigenvalue weighted by Crippen LogP contribution is -2.13. The Kier molecular flexibility index (Phi) is 4.36. The number of amides is 1. The number of nitrogens with two attached hydrogens (primary N) is 1. The van der Waals surface area contributed by atoms with E-state index >= 15 is 0 Å². The van der Waals surface area contributed by atoms with Crippen molar-refractivity contribution in [3.05, 3.63) is 41.6 Å².